The highest BCUT2D eigenvalue weighted by Gasteiger charge is 2.43. The van der Waals surface area contributed by atoms with Crippen LogP contribution in [0.5, 0.6) is 0 Å². The molecule has 0 N–H and O–H groups in total. The molecule has 0 aliphatic carbocycles. The van der Waals surface area contributed by atoms with Gasteiger partial charge in [0.15, 0.2) is 15.8 Å². The first kappa shape index (κ1) is 14.0. The van der Waals surface area contributed by atoms with E-state index in [4.69, 9.17) is 4.74 Å². The third-order valence-corrected chi connectivity index (χ3v) is 4.53. The molecule has 1 rings (SSSR count). The third-order valence-electron chi connectivity index (χ3n) is 2.73. The Morgan fingerprint density at radius 2 is 2.00 bits per heavy atom. The number of rotatable bonds is 4. The molecular formula is C10H16O6S. The van der Waals surface area contributed by atoms with E-state index in [0.29, 0.717) is 6.42 Å². The maximum atomic E-state index is 11.6. The van der Waals surface area contributed by atoms with Gasteiger partial charge in [-0.1, -0.05) is 0 Å². The molecule has 0 saturated carbocycles. The summed E-state index contributed by atoms with van der Waals surface area (Å²) in [5.74, 6) is -3.26. The summed E-state index contributed by atoms with van der Waals surface area (Å²) >= 11 is 0. The van der Waals surface area contributed by atoms with Crippen LogP contribution < -0.4 is 0 Å². The molecule has 1 fully saturated rings. The van der Waals surface area contributed by atoms with Crippen molar-refractivity contribution < 1.29 is 27.5 Å². The fourth-order valence-electron chi connectivity index (χ4n) is 1.93. The van der Waals surface area contributed by atoms with Crippen LogP contribution in [0.15, 0.2) is 0 Å². The van der Waals surface area contributed by atoms with Crippen molar-refractivity contribution in [1.29, 1.82) is 0 Å². The lowest BCUT2D eigenvalue weighted by Crippen LogP contribution is -2.34. The van der Waals surface area contributed by atoms with Gasteiger partial charge >= 0.3 is 11.9 Å². The highest BCUT2D eigenvalue weighted by Crippen LogP contribution is 2.27. The number of methoxy groups -OCH3 is 1. The van der Waals surface area contributed by atoms with Crippen LogP contribution in [0.25, 0.3) is 0 Å². The average molecular weight is 264 g/mol. The largest absolute Gasteiger partial charge is 0.468 e. The van der Waals surface area contributed by atoms with Crippen LogP contribution in [-0.2, 0) is 28.9 Å². The first-order valence-electron chi connectivity index (χ1n) is 5.36. The topological polar surface area (TPSA) is 86.7 Å². The maximum Gasteiger partial charge on any atom is 0.320 e. The number of sulfone groups is 1. The zero-order valence-corrected chi connectivity index (χ0v) is 10.7. The first-order chi connectivity index (χ1) is 7.91. The van der Waals surface area contributed by atoms with Crippen LogP contribution in [0.4, 0.5) is 0 Å². The second kappa shape index (κ2) is 5.48. The van der Waals surface area contributed by atoms with Gasteiger partial charge in [0, 0.05) is 0 Å². The Balaban J connectivity index is 2.84. The molecule has 7 heteroatoms. The smallest absolute Gasteiger partial charge is 0.320 e. The van der Waals surface area contributed by atoms with Crippen LogP contribution in [0, 0.1) is 11.8 Å². The van der Waals surface area contributed by atoms with Gasteiger partial charge in [-0.15, -0.1) is 0 Å². The molecular weight excluding hydrogens is 248 g/mol. The van der Waals surface area contributed by atoms with E-state index in [1.807, 2.05) is 0 Å². The molecule has 98 valence electrons. The Bertz CT molecular complexity index is 399. The van der Waals surface area contributed by atoms with Gasteiger partial charge in [0.25, 0.3) is 0 Å². The van der Waals surface area contributed by atoms with Crippen molar-refractivity contribution in [2.24, 2.45) is 11.8 Å². The van der Waals surface area contributed by atoms with E-state index in [1.54, 1.807) is 6.92 Å². The van der Waals surface area contributed by atoms with E-state index in [9.17, 15) is 18.0 Å². The molecule has 0 bridgehead atoms. The minimum Gasteiger partial charge on any atom is -0.468 e. The van der Waals surface area contributed by atoms with Gasteiger partial charge in [-0.3, -0.25) is 9.59 Å². The Hall–Kier alpha value is -1.11. The average Bonchev–Trinajstić information content (AvgIpc) is 2.59. The molecule has 0 aromatic heterocycles. The molecule has 17 heavy (non-hydrogen) atoms. The molecule has 6 nitrogen and oxygen atoms in total. The van der Waals surface area contributed by atoms with Crippen LogP contribution in [0.1, 0.15) is 13.3 Å². The van der Waals surface area contributed by atoms with Crippen molar-refractivity contribution in [3.05, 3.63) is 0 Å². The van der Waals surface area contributed by atoms with Gasteiger partial charge in [-0.05, 0) is 19.3 Å². The summed E-state index contributed by atoms with van der Waals surface area (Å²) in [6.07, 6.45) is 0.293. The molecule has 1 heterocycles. The second-order valence-electron chi connectivity index (χ2n) is 3.92. The van der Waals surface area contributed by atoms with E-state index in [2.05, 4.69) is 4.74 Å². The lowest BCUT2D eigenvalue weighted by Gasteiger charge is -2.18. The Kier molecular flexibility index (Phi) is 4.50. The van der Waals surface area contributed by atoms with Crippen LogP contribution in [-0.4, -0.2) is 45.6 Å². The van der Waals surface area contributed by atoms with Crippen molar-refractivity contribution in [3.8, 4) is 0 Å². The fourth-order valence-corrected chi connectivity index (χ4v) is 3.77. The normalized spacial score (nSPS) is 24.0. The lowest BCUT2D eigenvalue weighted by molar-refractivity contribution is -0.162. The number of hydrogen-bond acceptors (Lipinski definition) is 6. The summed E-state index contributed by atoms with van der Waals surface area (Å²) in [6, 6.07) is 0. The molecule has 0 aromatic carbocycles. The predicted molar refractivity (Wildman–Crippen MR) is 58.9 cm³/mol. The number of hydrogen-bond donors (Lipinski definition) is 0. The lowest BCUT2D eigenvalue weighted by atomic mass is 9.92. The van der Waals surface area contributed by atoms with Crippen LogP contribution in [0.2, 0.25) is 0 Å². The maximum absolute atomic E-state index is 11.6. The van der Waals surface area contributed by atoms with E-state index < -0.39 is 33.6 Å². The quantitative estimate of drug-likeness (QED) is 0.515. The van der Waals surface area contributed by atoms with Gasteiger partial charge in [0.1, 0.15) is 0 Å². The van der Waals surface area contributed by atoms with Gasteiger partial charge in [-0.2, -0.15) is 0 Å². The number of carbonyl (C=O) groups is 2. The summed E-state index contributed by atoms with van der Waals surface area (Å²) < 4.78 is 32.0. The minimum absolute atomic E-state index is 0.00453. The molecule has 1 aliphatic rings. The molecule has 2 atom stereocenters. The van der Waals surface area contributed by atoms with E-state index in [1.165, 1.54) is 0 Å². The summed E-state index contributed by atoms with van der Waals surface area (Å²) in [5.41, 5.74) is 0. The molecule has 0 aromatic rings. The van der Waals surface area contributed by atoms with Crippen molar-refractivity contribution in [1.82, 2.24) is 0 Å². The zero-order chi connectivity index (χ0) is 13.1. The fraction of sp³-hybridized carbons (Fsp3) is 0.800. The van der Waals surface area contributed by atoms with Gasteiger partial charge in [-0.25, -0.2) is 8.42 Å². The SMILES string of the molecule is CCOC(=O)[C@@H](C(=O)OC)[C@H]1CCS(=O)(=O)C1. The Labute approximate surface area is 100 Å². The predicted octanol–water partition coefficient (Wildman–Crippen LogP) is -0.227. The van der Waals surface area contributed by atoms with Gasteiger partial charge in [0.2, 0.25) is 0 Å². The highest BCUT2D eigenvalue weighted by molar-refractivity contribution is 7.91. The highest BCUT2D eigenvalue weighted by atomic mass is 32.2. The van der Waals surface area contributed by atoms with Crippen LogP contribution >= 0.6 is 0 Å². The van der Waals surface area contributed by atoms with E-state index >= 15 is 0 Å². The molecule has 0 unspecified atom stereocenters. The molecule has 0 radical (unpaired) electrons. The zero-order valence-electron chi connectivity index (χ0n) is 9.84. The molecule has 0 amide bonds. The Morgan fingerprint density at radius 3 is 2.41 bits per heavy atom. The van der Waals surface area contributed by atoms with Gasteiger partial charge in [0.05, 0.1) is 25.2 Å². The van der Waals surface area contributed by atoms with Crippen molar-refractivity contribution in [3.63, 3.8) is 0 Å². The number of carbonyl (C=O) groups excluding carboxylic acids is 2. The molecule has 1 aliphatic heterocycles. The first-order valence-corrected chi connectivity index (χ1v) is 7.18. The summed E-state index contributed by atoms with van der Waals surface area (Å²) in [6.45, 7) is 1.77. The summed E-state index contributed by atoms with van der Waals surface area (Å²) in [4.78, 5) is 23.1. The van der Waals surface area contributed by atoms with E-state index in [-0.39, 0.29) is 18.1 Å². The van der Waals surface area contributed by atoms with Crippen molar-refractivity contribution in [2.75, 3.05) is 25.2 Å². The van der Waals surface area contributed by atoms with Crippen molar-refractivity contribution >= 4 is 21.8 Å². The number of ether oxygens (including phenoxy) is 2. The van der Waals surface area contributed by atoms with Gasteiger partial charge < -0.3 is 9.47 Å². The van der Waals surface area contributed by atoms with E-state index in [0.717, 1.165) is 7.11 Å². The molecule has 1 saturated heterocycles. The monoisotopic (exact) mass is 264 g/mol. The third kappa shape index (κ3) is 3.42. The molecule has 0 spiro atoms. The van der Waals surface area contributed by atoms with Crippen molar-refractivity contribution in [2.45, 2.75) is 13.3 Å². The summed E-state index contributed by atoms with van der Waals surface area (Å²) in [5, 5.41) is 0. The van der Waals surface area contributed by atoms with Crippen LogP contribution in [0.3, 0.4) is 0 Å². The summed E-state index contributed by atoms with van der Waals surface area (Å²) in [7, 11) is -1.98. The standard InChI is InChI=1S/C10H16O6S/c1-3-16-10(12)8(9(11)15-2)7-4-5-17(13,14)6-7/h7-8H,3-6H2,1-2H3/t7-,8+/m0/s1. The second-order valence-corrected chi connectivity index (χ2v) is 6.14. The Morgan fingerprint density at radius 1 is 1.35 bits per heavy atom. The minimum atomic E-state index is -3.15. The number of esters is 2.